The molecule has 0 saturated heterocycles. The van der Waals surface area contributed by atoms with Crippen LogP contribution in [0, 0.1) is 0 Å². The molecule has 4 aromatic rings. The number of rotatable bonds is 5. The van der Waals surface area contributed by atoms with Crippen LogP contribution in [0.15, 0.2) is 64.8 Å². The lowest BCUT2D eigenvalue weighted by atomic mass is 10.2. The summed E-state index contributed by atoms with van der Waals surface area (Å²) in [5.41, 5.74) is 3.46. The van der Waals surface area contributed by atoms with Gasteiger partial charge in [-0.25, -0.2) is 4.98 Å². The number of thiazole rings is 1. The Morgan fingerprint density at radius 3 is 2.64 bits per heavy atom. The van der Waals surface area contributed by atoms with Crippen LogP contribution in [0.3, 0.4) is 0 Å². The Balaban J connectivity index is 1.60. The van der Waals surface area contributed by atoms with Gasteiger partial charge in [-0.05, 0) is 24.2 Å². The van der Waals surface area contributed by atoms with Crippen molar-refractivity contribution in [2.45, 2.75) is 13.1 Å². The third kappa shape index (κ3) is 3.84. The zero-order valence-corrected chi connectivity index (χ0v) is 17.4. The van der Waals surface area contributed by atoms with Crippen molar-refractivity contribution in [2.24, 2.45) is 0 Å². The summed E-state index contributed by atoms with van der Waals surface area (Å²) < 4.78 is 1.66. The van der Waals surface area contributed by atoms with E-state index in [-0.39, 0.29) is 5.56 Å². The number of halogens is 2. The van der Waals surface area contributed by atoms with Gasteiger partial charge in [-0.1, -0.05) is 65.7 Å². The molecular weight excluding hydrogens is 413 g/mol. The van der Waals surface area contributed by atoms with Crippen molar-refractivity contribution in [3.63, 3.8) is 0 Å². The largest absolute Gasteiger partial charge is 0.296 e. The van der Waals surface area contributed by atoms with Gasteiger partial charge in [0.2, 0.25) is 0 Å². The van der Waals surface area contributed by atoms with Crippen LogP contribution in [-0.4, -0.2) is 21.3 Å². The maximum absolute atomic E-state index is 12.8. The molecule has 0 radical (unpaired) electrons. The minimum Gasteiger partial charge on any atom is -0.296 e. The molecule has 7 heteroatoms. The van der Waals surface area contributed by atoms with Crippen molar-refractivity contribution in [3.8, 4) is 11.3 Å². The van der Waals surface area contributed by atoms with E-state index < -0.39 is 0 Å². The second kappa shape index (κ2) is 8.05. The summed E-state index contributed by atoms with van der Waals surface area (Å²) in [7, 11) is 1.96. The number of fused-ring (bicyclic) bond motifs is 1. The number of nitrogens with zero attached hydrogens (tertiary/aromatic N) is 3. The van der Waals surface area contributed by atoms with Gasteiger partial charge in [0.1, 0.15) is 0 Å². The van der Waals surface area contributed by atoms with Crippen molar-refractivity contribution in [1.82, 2.24) is 14.3 Å². The summed E-state index contributed by atoms with van der Waals surface area (Å²) in [6.45, 7) is 1.15. The van der Waals surface area contributed by atoms with Crippen LogP contribution in [-0.2, 0) is 13.1 Å². The van der Waals surface area contributed by atoms with E-state index in [1.807, 2.05) is 54.9 Å². The van der Waals surface area contributed by atoms with Gasteiger partial charge in [-0.15, -0.1) is 11.3 Å². The van der Waals surface area contributed by atoms with E-state index in [4.69, 9.17) is 23.2 Å². The zero-order chi connectivity index (χ0) is 19.7. The van der Waals surface area contributed by atoms with E-state index in [0.717, 1.165) is 22.5 Å². The second-order valence-electron chi connectivity index (χ2n) is 6.58. The Hall–Kier alpha value is -2.18. The minimum absolute atomic E-state index is 0.0747. The number of aromatic nitrogens is 2. The molecule has 0 spiro atoms. The van der Waals surface area contributed by atoms with Gasteiger partial charge < -0.3 is 0 Å². The molecular formula is C21H17Cl2N3OS. The molecule has 0 fully saturated rings. The average Bonchev–Trinajstić information content (AvgIpc) is 3.11. The fourth-order valence-corrected chi connectivity index (χ4v) is 4.45. The third-order valence-corrected chi connectivity index (χ3v) is 6.12. The van der Waals surface area contributed by atoms with E-state index in [9.17, 15) is 4.79 Å². The average molecular weight is 430 g/mol. The third-order valence-electron chi connectivity index (χ3n) is 4.43. The van der Waals surface area contributed by atoms with Crippen molar-refractivity contribution < 1.29 is 0 Å². The van der Waals surface area contributed by atoms with Gasteiger partial charge in [0.25, 0.3) is 5.56 Å². The van der Waals surface area contributed by atoms with Crippen LogP contribution in [0.2, 0.25) is 10.0 Å². The molecule has 0 unspecified atom stereocenters. The summed E-state index contributed by atoms with van der Waals surface area (Å²) >= 11 is 13.8. The van der Waals surface area contributed by atoms with Gasteiger partial charge in [0.05, 0.1) is 21.4 Å². The van der Waals surface area contributed by atoms with Crippen molar-refractivity contribution in [2.75, 3.05) is 7.05 Å². The Kier molecular flexibility index (Phi) is 5.51. The second-order valence-corrected chi connectivity index (χ2v) is 8.20. The highest BCUT2D eigenvalue weighted by Crippen LogP contribution is 2.27. The molecule has 2 aromatic carbocycles. The Morgan fingerprint density at radius 1 is 1.07 bits per heavy atom. The Bertz CT molecular complexity index is 1190. The van der Waals surface area contributed by atoms with Crippen LogP contribution in [0.25, 0.3) is 16.2 Å². The smallest absolute Gasteiger partial charge is 0.259 e. The maximum Gasteiger partial charge on any atom is 0.259 e. The Morgan fingerprint density at radius 2 is 1.86 bits per heavy atom. The van der Waals surface area contributed by atoms with Crippen molar-refractivity contribution in [3.05, 3.63) is 91.6 Å². The first kappa shape index (κ1) is 19.2. The molecule has 0 saturated carbocycles. The van der Waals surface area contributed by atoms with Crippen LogP contribution in [0.4, 0.5) is 0 Å². The SMILES string of the molecule is CN(Cc1cc(=O)n2c(-c3ccccc3)csc2n1)Cc1cccc(Cl)c1Cl. The monoisotopic (exact) mass is 429 g/mol. The molecule has 2 heterocycles. The van der Waals surface area contributed by atoms with Crippen molar-refractivity contribution in [1.29, 1.82) is 0 Å². The molecule has 0 amide bonds. The molecule has 0 atom stereocenters. The molecule has 0 aliphatic carbocycles. The number of hydrogen-bond acceptors (Lipinski definition) is 4. The maximum atomic E-state index is 12.8. The van der Waals surface area contributed by atoms with Crippen LogP contribution < -0.4 is 5.56 Å². The first-order valence-electron chi connectivity index (χ1n) is 8.70. The first-order valence-corrected chi connectivity index (χ1v) is 10.3. The van der Waals surface area contributed by atoms with Gasteiger partial charge in [0.15, 0.2) is 4.96 Å². The minimum atomic E-state index is -0.0747. The predicted octanol–water partition coefficient (Wildman–Crippen LogP) is 5.36. The highest BCUT2D eigenvalue weighted by atomic mass is 35.5. The molecule has 2 aromatic heterocycles. The summed E-state index contributed by atoms with van der Waals surface area (Å²) in [5.74, 6) is 0. The van der Waals surface area contributed by atoms with E-state index in [1.54, 1.807) is 16.5 Å². The molecule has 0 N–H and O–H groups in total. The molecule has 4 rings (SSSR count). The summed E-state index contributed by atoms with van der Waals surface area (Å²) in [6.07, 6.45) is 0. The van der Waals surface area contributed by atoms with E-state index in [1.165, 1.54) is 11.3 Å². The standard InChI is InChI=1S/C21H17Cl2N3OS/c1-25(11-15-8-5-9-17(22)20(15)23)12-16-10-19(27)26-18(13-28-21(26)24-16)14-6-3-2-4-7-14/h2-10,13H,11-12H2,1H3. The molecule has 28 heavy (non-hydrogen) atoms. The van der Waals surface area contributed by atoms with Gasteiger partial charge in [-0.2, -0.15) is 0 Å². The van der Waals surface area contributed by atoms with E-state index >= 15 is 0 Å². The Labute approximate surface area is 176 Å². The molecule has 0 aliphatic rings. The summed E-state index contributed by atoms with van der Waals surface area (Å²) in [5, 5.41) is 3.07. The highest BCUT2D eigenvalue weighted by molar-refractivity contribution is 7.15. The zero-order valence-electron chi connectivity index (χ0n) is 15.1. The summed E-state index contributed by atoms with van der Waals surface area (Å²) in [6, 6.07) is 17.1. The molecule has 0 bridgehead atoms. The lowest BCUT2D eigenvalue weighted by Gasteiger charge is -2.17. The lowest BCUT2D eigenvalue weighted by Crippen LogP contribution is -2.21. The molecule has 0 aliphatic heterocycles. The van der Waals surface area contributed by atoms with E-state index in [0.29, 0.717) is 28.1 Å². The van der Waals surface area contributed by atoms with Gasteiger partial charge >= 0.3 is 0 Å². The summed E-state index contributed by atoms with van der Waals surface area (Å²) in [4.78, 5) is 20.2. The van der Waals surface area contributed by atoms with Crippen LogP contribution in [0.1, 0.15) is 11.3 Å². The van der Waals surface area contributed by atoms with Crippen molar-refractivity contribution >= 4 is 39.5 Å². The van der Waals surface area contributed by atoms with Gasteiger partial charge in [0, 0.05) is 24.5 Å². The quantitative estimate of drug-likeness (QED) is 0.428. The molecule has 4 nitrogen and oxygen atoms in total. The number of benzene rings is 2. The first-order chi connectivity index (χ1) is 13.5. The normalized spacial score (nSPS) is 11.4. The van der Waals surface area contributed by atoms with Gasteiger partial charge in [-0.3, -0.25) is 14.1 Å². The number of hydrogen-bond donors (Lipinski definition) is 0. The predicted molar refractivity (Wildman–Crippen MR) is 116 cm³/mol. The lowest BCUT2D eigenvalue weighted by molar-refractivity contribution is 0.315. The topological polar surface area (TPSA) is 37.6 Å². The fourth-order valence-electron chi connectivity index (χ4n) is 3.15. The fraction of sp³-hybridized carbons (Fsp3) is 0.143. The highest BCUT2D eigenvalue weighted by Gasteiger charge is 2.13. The van der Waals surface area contributed by atoms with Crippen LogP contribution >= 0.6 is 34.5 Å². The van der Waals surface area contributed by atoms with Crippen LogP contribution in [0.5, 0.6) is 0 Å². The van der Waals surface area contributed by atoms with E-state index in [2.05, 4.69) is 9.88 Å². The molecule has 142 valence electrons.